The van der Waals surface area contributed by atoms with Gasteiger partial charge in [-0.25, -0.2) is 4.39 Å². The fourth-order valence-corrected chi connectivity index (χ4v) is 2.75. The van der Waals surface area contributed by atoms with Gasteiger partial charge in [-0.15, -0.1) is 11.8 Å². The van der Waals surface area contributed by atoms with Gasteiger partial charge in [-0.3, -0.25) is 19.7 Å². The Morgan fingerprint density at radius 1 is 1.27 bits per heavy atom. The van der Waals surface area contributed by atoms with Crippen molar-refractivity contribution >= 4 is 46.6 Å². The third-order valence-electron chi connectivity index (χ3n) is 2.98. The smallest absolute Gasteiger partial charge is 0.316 e. The zero-order valence-corrected chi connectivity index (χ0v) is 14.7. The Hall–Kier alpha value is -2.65. The Kier molecular flexibility index (Phi) is 6.93. The van der Waals surface area contributed by atoms with Gasteiger partial charge in [-0.2, -0.15) is 0 Å². The Morgan fingerprint density at radius 2 is 2.00 bits per heavy atom. The standard InChI is InChI=1S/C16H12ClFN2O5S/c17-10-5-6-13(20(23)24)12(7-10)19-15(21)8-25-16(22)9-26-14-4-2-1-3-11(14)18/h1-7H,8-9H2,(H,19,21). The number of hydrogen-bond acceptors (Lipinski definition) is 6. The second kappa shape index (κ2) is 9.16. The van der Waals surface area contributed by atoms with Gasteiger partial charge in [0.15, 0.2) is 6.61 Å². The van der Waals surface area contributed by atoms with Crippen LogP contribution in [0.2, 0.25) is 5.02 Å². The SMILES string of the molecule is O=C(COC(=O)CSc1ccccc1F)Nc1cc(Cl)ccc1[N+](=O)[O-]. The molecule has 0 aliphatic carbocycles. The quantitative estimate of drug-likeness (QED) is 0.331. The lowest BCUT2D eigenvalue weighted by Crippen LogP contribution is -2.22. The number of halogens is 2. The molecule has 0 aliphatic rings. The van der Waals surface area contributed by atoms with E-state index in [1.807, 2.05) is 0 Å². The number of hydrogen-bond donors (Lipinski definition) is 1. The predicted molar refractivity (Wildman–Crippen MR) is 94.8 cm³/mol. The number of anilines is 1. The normalized spacial score (nSPS) is 10.2. The molecule has 1 N–H and O–H groups in total. The maximum absolute atomic E-state index is 13.4. The van der Waals surface area contributed by atoms with Crippen molar-refractivity contribution in [3.63, 3.8) is 0 Å². The summed E-state index contributed by atoms with van der Waals surface area (Å²) in [5, 5.41) is 13.4. The Balaban J connectivity index is 1.85. The molecule has 0 saturated carbocycles. The maximum atomic E-state index is 13.4. The van der Waals surface area contributed by atoms with Crippen molar-refractivity contribution in [1.82, 2.24) is 0 Å². The van der Waals surface area contributed by atoms with Crippen LogP contribution in [0.15, 0.2) is 47.4 Å². The van der Waals surface area contributed by atoms with Crippen LogP contribution in [0.1, 0.15) is 0 Å². The average molecular weight is 399 g/mol. The fraction of sp³-hybridized carbons (Fsp3) is 0.125. The molecule has 7 nitrogen and oxygen atoms in total. The number of nitro benzene ring substituents is 1. The van der Waals surface area contributed by atoms with Crippen molar-refractivity contribution in [1.29, 1.82) is 0 Å². The lowest BCUT2D eigenvalue weighted by molar-refractivity contribution is -0.383. The summed E-state index contributed by atoms with van der Waals surface area (Å²) in [5.41, 5.74) is -0.450. The van der Waals surface area contributed by atoms with Crippen molar-refractivity contribution < 1.29 is 23.6 Å². The largest absolute Gasteiger partial charge is 0.455 e. The van der Waals surface area contributed by atoms with Crippen molar-refractivity contribution in [2.24, 2.45) is 0 Å². The van der Waals surface area contributed by atoms with Crippen LogP contribution in [-0.4, -0.2) is 29.2 Å². The number of nitrogens with one attached hydrogen (secondary N) is 1. The summed E-state index contributed by atoms with van der Waals surface area (Å²) in [5.74, 6) is -2.14. The molecule has 10 heteroatoms. The van der Waals surface area contributed by atoms with E-state index in [9.17, 15) is 24.1 Å². The number of carbonyl (C=O) groups is 2. The molecule has 2 aromatic carbocycles. The zero-order chi connectivity index (χ0) is 19.1. The molecule has 0 saturated heterocycles. The summed E-state index contributed by atoms with van der Waals surface area (Å²) in [4.78, 5) is 34.0. The third kappa shape index (κ3) is 5.71. The van der Waals surface area contributed by atoms with Crippen LogP contribution in [0.3, 0.4) is 0 Å². The van der Waals surface area contributed by atoms with Crippen LogP contribution in [0, 0.1) is 15.9 Å². The number of rotatable bonds is 7. The highest BCUT2D eigenvalue weighted by Gasteiger charge is 2.17. The van der Waals surface area contributed by atoms with E-state index in [2.05, 4.69) is 5.32 Å². The second-order valence-corrected chi connectivity index (χ2v) is 6.30. The molecule has 136 valence electrons. The number of amides is 1. The third-order valence-corrected chi connectivity index (χ3v) is 4.23. The Labute approximate surface area is 156 Å². The Morgan fingerprint density at radius 3 is 2.69 bits per heavy atom. The highest BCUT2D eigenvalue weighted by molar-refractivity contribution is 8.00. The lowest BCUT2D eigenvalue weighted by Gasteiger charge is -2.08. The van der Waals surface area contributed by atoms with E-state index in [1.54, 1.807) is 6.07 Å². The number of esters is 1. The van der Waals surface area contributed by atoms with Gasteiger partial charge in [0.25, 0.3) is 11.6 Å². The minimum Gasteiger partial charge on any atom is -0.455 e. The summed E-state index contributed by atoms with van der Waals surface area (Å²) in [7, 11) is 0. The molecule has 0 radical (unpaired) electrons. The van der Waals surface area contributed by atoms with Gasteiger partial charge < -0.3 is 10.1 Å². The van der Waals surface area contributed by atoms with Crippen molar-refractivity contribution in [3.05, 3.63) is 63.4 Å². The summed E-state index contributed by atoms with van der Waals surface area (Å²) in [6.45, 7) is -0.639. The van der Waals surface area contributed by atoms with Crippen LogP contribution >= 0.6 is 23.4 Å². The molecule has 0 aliphatic heterocycles. The molecule has 0 fully saturated rings. The number of thioether (sulfide) groups is 1. The minimum atomic E-state index is -0.764. The topological polar surface area (TPSA) is 98.5 Å². The summed E-state index contributed by atoms with van der Waals surface area (Å²) in [6, 6.07) is 9.61. The first kappa shape index (κ1) is 19.7. The van der Waals surface area contributed by atoms with E-state index in [0.717, 1.165) is 17.8 Å². The molecule has 0 unspecified atom stereocenters. The molecule has 0 aromatic heterocycles. The lowest BCUT2D eigenvalue weighted by atomic mass is 10.2. The summed E-state index contributed by atoms with van der Waals surface area (Å²) < 4.78 is 18.2. The maximum Gasteiger partial charge on any atom is 0.316 e. The van der Waals surface area contributed by atoms with Gasteiger partial charge in [0, 0.05) is 16.0 Å². The van der Waals surface area contributed by atoms with Crippen molar-refractivity contribution in [3.8, 4) is 0 Å². The van der Waals surface area contributed by atoms with E-state index in [-0.39, 0.29) is 27.0 Å². The van der Waals surface area contributed by atoms with Crippen LogP contribution in [0.5, 0.6) is 0 Å². The number of nitrogens with zero attached hydrogens (tertiary/aromatic N) is 1. The van der Waals surface area contributed by atoms with Crippen LogP contribution in [0.25, 0.3) is 0 Å². The number of benzene rings is 2. The highest BCUT2D eigenvalue weighted by atomic mass is 35.5. The fourth-order valence-electron chi connectivity index (χ4n) is 1.84. The van der Waals surface area contributed by atoms with Gasteiger partial charge in [0.2, 0.25) is 0 Å². The minimum absolute atomic E-state index is 0.107. The molecule has 26 heavy (non-hydrogen) atoms. The molecule has 2 rings (SSSR count). The number of ether oxygens (including phenoxy) is 1. The molecule has 0 atom stereocenters. The number of nitro groups is 1. The van der Waals surface area contributed by atoms with E-state index in [0.29, 0.717) is 0 Å². The average Bonchev–Trinajstić information content (AvgIpc) is 2.59. The van der Waals surface area contributed by atoms with Crippen LogP contribution < -0.4 is 5.32 Å². The summed E-state index contributed by atoms with van der Waals surface area (Å²) >= 11 is 6.68. The van der Waals surface area contributed by atoms with Gasteiger partial charge in [0.05, 0.1) is 10.7 Å². The van der Waals surface area contributed by atoms with E-state index in [4.69, 9.17) is 16.3 Å². The molecule has 2 aromatic rings. The first-order valence-corrected chi connectivity index (χ1v) is 8.50. The molecule has 0 bridgehead atoms. The second-order valence-electron chi connectivity index (χ2n) is 4.85. The molecular formula is C16H12ClFN2O5S. The van der Waals surface area contributed by atoms with E-state index >= 15 is 0 Å². The first-order chi connectivity index (χ1) is 12.4. The van der Waals surface area contributed by atoms with Gasteiger partial charge in [-0.05, 0) is 24.3 Å². The van der Waals surface area contributed by atoms with Gasteiger partial charge >= 0.3 is 5.97 Å². The predicted octanol–water partition coefficient (Wildman–Crippen LogP) is 3.66. The summed E-state index contributed by atoms with van der Waals surface area (Å²) in [6.07, 6.45) is 0. The zero-order valence-electron chi connectivity index (χ0n) is 13.1. The Bertz CT molecular complexity index is 849. The number of carbonyl (C=O) groups excluding carboxylic acids is 2. The molecule has 0 spiro atoms. The van der Waals surface area contributed by atoms with E-state index < -0.39 is 29.2 Å². The highest BCUT2D eigenvalue weighted by Crippen LogP contribution is 2.27. The van der Waals surface area contributed by atoms with E-state index in [1.165, 1.54) is 30.3 Å². The van der Waals surface area contributed by atoms with Crippen LogP contribution in [0.4, 0.5) is 15.8 Å². The monoisotopic (exact) mass is 398 g/mol. The van der Waals surface area contributed by atoms with Crippen molar-refractivity contribution in [2.45, 2.75) is 4.90 Å². The molecule has 1 amide bonds. The van der Waals surface area contributed by atoms with Gasteiger partial charge in [-0.1, -0.05) is 23.7 Å². The molecular weight excluding hydrogens is 387 g/mol. The first-order valence-electron chi connectivity index (χ1n) is 7.13. The van der Waals surface area contributed by atoms with Crippen LogP contribution in [-0.2, 0) is 14.3 Å². The molecule has 0 heterocycles. The van der Waals surface area contributed by atoms with Gasteiger partial charge in [0.1, 0.15) is 11.5 Å². The van der Waals surface area contributed by atoms with Crippen molar-refractivity contribution in [2.75, 3.05) is 17.7 Å².